The van der Waals surface area contributed by atoms with Crippen LogP contribution in [-0.2, 0) is 0 Å². The van der Waals surface area contributed by atoms with Crippen molar-refractivity contribution >= 4 is 33.3 Å². The molecule has 0 saturated carbocycles. The van der Waals surface area contributed by atoms with E-state index >= 15 is 0 Å². The Balaban J connectivity index is 2.36. The van der Waals surface area contributed by atoms with Crippen molar-refractivity contribution < 1.29 is 9.52 Å². The van der Waals surface area contributed by atoms with Crippen LogP contribution in [0.25, 0.3) is 21.9 Å². The molecule has 4 heteroatoms. The van der Waals surface area contributed by atoms with E-state index in [-0.39, 0.29) is 6.61 Å². The van der Waals surface area contributed by atoms with Gasteiger partial charge in [-0.25, -0.2) is 0 Å². The van der Waals surface area contributed by atoms with Crippen molar-refractivity contribution in [2.75, 3.05) is 24.2 Å². The highest BCUT2D eigenvalue weighted by atomic mass is 16.3. The highest BCUT2D eigenvalue weighted by Gasteiger charge is 2.15. The van der Waals surface area contributed by atoms with Crippen LogP contribution >= 0.6 is 0 Å². The summed E-state index contributed by atoms with van der Waals surface area (Å²) in [6.45, 7) is 2.53. The fourth-order valence-electron chi connectivity index (χ4n) is 2.38. The number of rotatable bonds is 3. The van der Waals surface area contributed by atoms with Crippen LogP contribution in [0.2, 0.25) is 0 Å². The molecule has 1 heterocycles. The summed E-state index contributed by atoms with van der Waals surface area (Å²) >= 11 is 0. The molecule has 0 amide bonds. The van der Waals surface area contributed by atoms with Gasteiger partial charge in [-0.2, -0.15) is 0 Å². The SMILES string of the molecule is Cc1cc(NCCO)c2oc3ccccc3c2c1N. The van der Waals surface area contributed by atoms with Gasteiger partial charge in [-0.1, -0.05) is 18.2 Å². The molecular formula is C15H16N2O2. The summed E-state index contributed by atoms with van der Waals surface area (Å²) in [5.41, 5.74) is 10.4. The van der Waals surface area contributed by atoms with Crippen molar-refractivity contribution in [2.24, 2.45) is 0 Å². The molecule has 98 valence electrons. The summed E-state index contributed by atoms with van der Waals surface area (Å²) in [7, 11) is 0. The number of aliphatic hydroxyl groups excluding tert-OH is 1. The number of nitrogen functional groups attached to an aromatic ring is 1. The first kappa shape index (κ1) is 11.9. The summed E-state index contributed by atoms with van der Waals surface area (Å²) in [4.78, 5) is 0. The minimum atomic E-state index is 0.0745. The molecule has 4 N–H and O–H groups in total. The Hall–Kier alpha value is -2.20. The molecule has 0 unspecified atom stereocenters. The Kier molecular flexibility index (Phi) is 2.80. The van der Waals surface area contributed by atoms with E-state index in [1.165, 1.54) is 0 Å². The zero-order chi connectivity index (χ0) is 13.4. The summed E-state index contributed by atoms with van der Waals surface area (Å²) in [6, 6.07) is 9.80. The Bertz CT molecular complexity index is 747. The van der Waals surface area contributed by atoms with Crippen LogP contribution in [0.4, 0.5) is 11.4 Å². The number of aliphatic hydroxyl groups is 1. The number of hydrogen-bond donors (Lipinski definition) is 3. The maximum absolute atomic E-state index is 8.95. The molecule has 0 fully saturated rings. The van der Waals surface area contributed by atoms with Crippen LogP contribution in [0.3, 0.4) is 0 Å². The quantitative estimate of drug-likeness (QED) is 0.630. The van der Waals surface area contributed by atoms with Crippen LogP contribution in [0.15, 0.2) is 34.7 Å². The monoisotopic (exact) mass is 256 g/mol. The third-order valence-corrected chi connectivity index (χ3v) is 3.32. The lowest BCUT2D eigenvalue weighted by molar-refractivity contribution is 0.311. The molecule has 0 aliphatic carbocycles. The highest BCUT2D eigenvalue weighted by Crippen LogP contribution is 2.38. The molecule has 2 aromatic carbocycles. The second-order valence-corrected chi connectivity index (χ2v) is 4.61. The number of nitrogens with two attached hydrogens (primary N) is 1. The average molecular weight is 256 g/mol. The van der Waals surface area contributed by atoms with Crippen LogP contribution in [-0.4, -0.2) is 18.3 Å². The Morgan fingerprint density at radius 1 is 1.32 bits per heavy atom. The lowest BCUT2D eigenvalue weighted by Gasteiger charge is -2.09. The molecule has 0 saturated heterocycles. The minimum absolute atomic E-state index is 0.0745. The van der Waals surface area contributed by atoms with E-state index in [4.69, 9.17) is 15.3 Å². The van der Waals surface area contributed by atoms with Crippen LogP contribution in [0.1, 0.15) is 5.56 Å². The lowest BCUT2D eigenvalue weighted by atomic mass is 10.1. The number of para-hydroxylation sites is 1. The van der Waals surface area contributed by atoms with Crippen molar-refractivity contribution in [1.82, 2.24) is 0 Å². The smallest absolute Gasteiger partial charge is 0.160 e. The van der Waals surface area contributed by atoms with Gasteiger partial charge in [0.25, 0.3) is 0 Å². The highest BCUT2D eigenvalue weighted by molar-refractivity contribution is 6.15. The first-order valence-electron chi connectivity index (χ1n) is 6.27. The van der Waals surface area contributed by atoms with Crippen molar-refractivity contribution in [3.8, 4) is 0 Å². The fourth-order valence-corrected chi connectivity index (χ4v) is 2.38. The van der Waals surface area contributed by atoms with Crippen molar-refractivity contribution in [3.63, 3.8) is 0 Å². The normalized spacial score (nSPS) is 11.3. The van der Waals surface area contributed by atoms with Gasteiger partial charge in [0.15, 0.2) is 5.58 Å². The van der Waals surface area contributed by atoms with E-state index in [2.05, 4.69) is 5.32 Å². The number of anilines is 2. The van der Waals surface area contributed by atoms with Crippen LogP contribution in [0.5, 0.6) is 0 Å². The first-order chi connectivity index (χ1) is 9.22. The molecule has 1 aromatic heterocycles. The van der Waals surface area contributed by atoms with Gasteiger partial charge in [-0.3, -0.25) is 0 Å². The van der Waals surface area contributed by atoms with Gasteiger partial charge in [0.2, 0.25) is 0 Å². The van der Waals surface area contributed by atoms with E-state index in [0.29, 0.717) is 6.54 Å². The number of aryl methyl sites for hydroxylation is 1. The average Bonchev–Trinajstić information content (AvgIpc) is 2.81. The predicted octanol–water partition coefficient (Wildman–Crippen LogP) is 2.88. The first-order valence-corrected chi connectivity index (χ1v) is 6.27. The molecule has 3 rings (SSSR count). The zero-order valence-electron chi connectivity index (χ0n) is 10.7. The van der Waals surface area contributed by atoms with Gasteiger partial charge in [0.05, 0.1) is 17.7 Å². The predicted molar refractivity (Wildman–Crippen MR) is 78.4 cm³/mol. The molecule has 0 radical (unpaired) electrons. The molecule has 4 nitrogen and oxygen atoms in total. The number of fused-ring (bicyclic) bond motifs is 3. The summed E-state index contributed by atoms with van der Waals surface area (Å²) in [5.74, 6) is 0. The van der Waals surface area contributed by atoms with Crippen molar-refractivity contribution in [1.29, 1.82) is 0 Å². The van der Waals surface area contributed by atoms with Gasteiger partial charge in [0, 0.05) is 17.6 Å². The molecule has 0 spiro atoms. The Morgan fingerprint density at radius 3 is 2.89 bits per heavy atom. The van der Waals surface area contributed by atoms with Crippen molar-refractivity contribution in [3.05, 3.63) is 35.9 Å². The van der Waals surface area contributed by atoms with Crippen molar-refractivity contribution in [2.45, 2.75) is 6.92 Å². The number of benzene rings is 2. The number of hydrogen-bond acceptors (Lipinski definition) is 4. The van der Waals surface area contributed by atoms with Gasteiger partial charge in [-0.15, -0.1) is 0 Å². The fraction of sp³-hybridized carbons (Fsp3) is 0.200. The largest absolute Gasteiger partial charge is 0.454 e. The van der Waals surface area contributed by atoms with E-state index in [1.54, 1.807) is 0 Å². The van der Waals surface area contributed by atoms with E-state index in [9.17, 15) is 0 Å². The number of furan rings is 1. The summed E-state index contributed by atoms with van der Waals surface area (Å²) < 4.78 is 5.89. The van der Waals surface area contributed by atoms with Gasteiger partial charge < -0.3 is 20.6 Å². The summed E-state index contributed by atoms with van der Waals surface area (Å²) in [5, 5.41) is 14.1. The molecule has 3 aromatic rings. The Morgan fingerprint density at radius 2 is 2.11 bits per heavy atom. The molecule has 0 bridgehead atoms. The van der Waals surface area contributed by atoms with Crippen LogP contribution < -0.4 is 11.1 Å². The van der Waals surface area contributed by atoms with Gasteiger partial charge >= 0.3 is 0 Å². The van der Waals surface area contributed by atoms with E-state index < -0.39 is 0 Å². The maximum Gasteiger partial charge on any atom is 0.160 e. The third kappa shape index (κ3) is 1.81. The molecule has 0 aliphatic rings. The van der Waals surface area contributed by atoms with Gasteiger partial charge in [0.1, 0.15) is 5.58 Å². The lowest BCUT2D eigenvalue weighted by Crippen LogP contribution is -2.06. The summed E-state index contributed by atoms with van der Waals surface area (Å²) in [6.07, 6.45) is 0. The second kappa shape index (κ2) is 4.48. The molecule has 19 heavy (non-hydrogen) atoms. The van der Waals surface area contributed by atoms with Gasteiger partial charge in [-0.05, 0) is 24.6 Å². The van der Waals surface area contributed by atoms with E-state index in [0.717, 1.165) is 38.9 Å². The Labute approximate surface area is 110 Å². The standard InChI is InChI=1S/C15H16N2O2/c1-9-8-11(17-6-7-18)15-13(14(9)16)10-4-2-3-5-12(10)19-15/h2-5,8,17-18H,6-7,16H2,1H3. The topological polar surface area (TPSA) is 71.4 Å². The molecule has 0 atom stereocenters. The molecular weight excluding hydrogens is 240 g/mol. The third-order valence-electron chi connectivity index (χ3n) is 3.32. The maximum atomic E-state index is 8.95. The minimum Gasteiger partial charge on any atom is -0.454 e. The van der Waals surface area contributed by atoms with E-state index in [1.807, 2.05) is 37.3 Å². The molecule has 0 aliphatic heterocycles. The number of nitrogens with one attached hydrogen (secondary N) is 1. The second-order valence-electron chi connectivity index (χ2n) is 4.61. The zero-order valence-corrected chi connectivity index (χ0v) is 10.7. The van der Waals surface area contributed by atoms with Crippen LogP contribution in [0, 0.1) is 6.92 Å².